The van der Waals surface area contributed by atoms with E-state index in [1.54, 1.807) is 0 Å². The molecule has 1 saturated carbocycles. The number of hydrogen-bond acceptors (Lipinski definition) is 2. The van der Waals surface area contributed by atoms with E-state index >= 15 is 0 Å². The van der Waals surface area contributed by atoms with Crippen LogP contribution in [0.25, 0.3) is 0 Å². The van der Waals surface area contributed by atoms with E-state index < -0.39 is 6.04 Å². The number of carbonyl (C=O) groups excluding carboxylic acids is 1. The van der Waals surface area contributed by atoms with E-state index in [1.807, 2.05) is 0 Å². The van der Waals surface area contributed by atoms with Gasteiger partial charge in [0, 0.05) is 0 Å². The van der Waals surface area contributed by atoms with Gasteiger partial charge in [-0.25, -0.2) is 4.99 Å². The van der Waals surface area contributed by atoms with Crippen molar-refractivity contribution in [2.24, 2.45) is 22.6 Å². The van der Waals surface area contributed by atoms with Gasteiger partial charge in [-0.15, -0.1) is 0 Å². The number of rotatable bonds is 3. The first-order valence-corrected chi connectivity index (χ1v) is 3.91. The molecule has 1 rings (SSSR count). The molecule has 0 bridgehead atoms. The normalized spacial score (nSPS) is 31.1. The third-order valence-electron chi connectivity index (χ3n) is 2.31. The summed E-state index contributed by atoms with van der Waals surface area (Å²) in [5, 5.41) is 0. The molecule has 62 valence electrons. The Bertz CT molecular complexity index is 179. The molecule has 0 heterocycles. The smallest absolute Gasteiger partial charge is 0.261 e. The highest BCUT2D eigenvalue weighted by atomic mass is 16.1. The molecule has 3 heteroatoms. The molecule has 1 amide bonds. The summed E-state index contributed by atoms with van der Waals surface area (Å²) in [6.07, 6.45) is 1.98. The van der Waals surface area contributed by atoms with Gasteiger partial charge in [0.1, 0.15) is 0 Å². The van der Waals surface area contributed by atoms with Crippen LogP contribution in [0.2, 0.25) is 0 Å². The van der Waals surface area contributed by atoms with Crippen LogP contribution in [0.4, 0.5) is 0 Å². The quantitative estimate of drug-likeness (QED) is 0.605. The second-order valence-corrected chi connectivity index (χ2v) is 3.31. The second kappa shape index (κ2) is 3.13. The zero-order valence-corrected chi connectivity index (χ0v) is 6.79. The first kappa shape index (κ1) is 8.40. The van der Waals surface area contributed by atoms with Gasteiger partial charge in [-0.1, -0.05) is 6.92 Å². The molecule has 0 aromatic rings. The molecule has 3 unspecified atom stereocenters. The van der Waals surface area contributed by atoms with E-state index in [-0.39, 0.29) is 5.91 Å². The second-order valence-electron chi connectivity index (χ2n) is 3.31. The Morgan fingerprint density at radius 1 is 1.91 bits per heavy atom. The largest absolute Gasteiger partial charge is 0.320 e. The van der Waals surface area contributed by atoms with E-state index in [0.29, 0.717) is 5.92 Å². The molecule has 3 nitrogen and oxygen atoms in total. The summed E-state index contributed by atoms with van der Waals surface area (Å²) in [5.41, 5.74) is 5.55. The predicted octanol–water partition coefficient (Wildman–Crippen LogP) is 0.587. The summed E-state index contributed by atoms with van der Waals surface area (Å²) in [6, 6.07) is -0.414. The summed E-state index contributed by atoms with van der Waals surface area (Å²) in [5.74, 6) is 1.12. The zero-order valence-electron chi connectivity index (χ0n) is 6.79. The van der Waals surface area contributed by atoms with Crippen LogP contribution >= 0.6 is 0 Å². The predicted molar refractivity (Wildman–Crippen MR) is 44.4 cm³/mol. The summed E-state index contributed by atoms with van der Waals surface area (Å²) in [4.78, 5) is 14.1. The molecule has 2 N–H and O–H groups in total. The fourth-order valence-electron chi connectivity index (χ4n) is 1.27. The minimum atomic E-state index is -0.414. The number of nitrogens with zero attached hydrogens (tertiary/aromatic N) is 1. The van der Waals surface area contributed by atoms with E-state index in [2.05, 4.69) is 18.6 Å². The zero-order chi connectivity index (χ0) is 8.43. The molecule has 0 spiro atoms. The molecule has 0 aromatic carbocycles. The molecule has 0 aliphatic heterocycles. The molecule has 0 saturated heterocycles. The van der Waals surface area contributed by atoms with Crippen molar-refractivity contribution in [1.29, 1.82) is 0 Å². The van der Waals surface area contributed by atoms with Crippen molar-refractivity contribution >= 4 is 12.6 Å². The van der Waals surface area contributed by atoms with Gasteiger partial charge in [-0.2, -0.15) is 0 Å². The Balaban J connectivity index is 2.26. The number of carbonyl (C=O) groups is 1. The van der Waals surface area contributed by atoms with Crippen LogP contribution in [0.1, 0.15) is 19.8 Å². The molecule has 1 aliphatic carbocycles. The standard InChI is InChI=1S/C8H14N2O/c1-5-3-6(5)4-7(9)8(11)10-2/h5-7H,2-4,9H2,1H3. The molecular formula is C8H14N2O. The van der Waals surface area contributed by atoms with Crippen LogP contribution < -0.4 is 5.73 Å². The minimum Gasteiger partial charge on any atom is -0.320 e. The van der Waals surface area contributed by atoms with Crippen LogP contribution in [0, 0.1) is 11.8 Å². The summed E-state index contributed by atoms with van der Waals surface area (Å²) >= 11 is 0. The molecule has 11 heavy (non-hydrogen) atoms. The van der Waals surface area contributed by atoms with Crippen molar-refractivity contribution < 1.29 is 4.79 Å². The van der Waals surface area contributed by atoms with Crippen molar-refractivity contribution in [2.75, 3.05) is 0 Å². The maximum absolute atomic E-state index is 10.8. The van der Waals surface area contributed by atoms with Gasteiger partial charge >= 0.3 is 0 Å². The molecular weight excluding hydrogens is 140 g/mol. The van der Waals surface area contributed by atoms with Crippen LogP contribution in [-0.4, -0.2) is 18.7 Å². The Kier molecular flexibility index (Phi) is 2.39. The third-order valence-corrected chi connectivity index (χ3v) is 2.31. The maximum atomic E-state index is 10.8. The van der Waals surface area contributed by atoms with Crippen molar-refractivity contribution in [3.63, 3.8) is 0 Å². The summed E-state index contributed by atoms with van der Waals surface area (Å²) in [6.45, 7) is 5.32. The highest BCUT2D eigenvalue weighted by Gasteiger charge is 2.34. The van der Waals surface area contributed by atoms with Crippen LogP contribution in [0.15, 0.2) is 4.99 Å². The molecule has 0 aromatic heterocycles. The molecule has 3 atom stereocenters. The Labute approximate surface area is 66.7 Å². The lowest BCUT2D eigenvalue weighted by atomic mass is 10.1. The highest BCUT2D eigenvalue weighted by Crippen LogP contribution is 2.40. The summed E-state index contributed by atoms with van der Waals surface area (Å²) in [7, 11) is 0. The lowest BCUT2D eigenvalue weighted by molar-refractivity contribution is -0.119. The number of amides is 1. The first-order chi connectivity index (χ1) is 5.15. The minimum absolute atomic E-state index is 0.274. The van der Waals surface area contributed by atoms with E-state index in [4.69, 9.17) is 5.73 Å². The fraction of sp³-hybridized carbons (Fsp3) is 0.750. The Hall–Kier alpha value is -0.700. The van der Waals surface area contributed by atoms with Gasteiger partial charge in [0.05, 0.1) is 6.04 Å². The van der Waals surface area contributed by atoms with Crippen LogP contribution in [0.5, 0.6) is 0 Å². The number of nitrogens with two attached hydrogens (primary N) is 1. The van der Waals surface area contributed by atoms with Crippen molar-refractivity contribution in [2.45, 2.75) is 25.8 Å². The maximum Gasteiger partial charge on any atom is 0.261 e. The van der Waals surface area contributed by atoms with E-state index in [1.165, 1.54) is 6.42 Å². The van der Waals surface area contributed by atoms with Gasteiger partial charge < -0.3 is 5.73 Å². The molecule has 0 radical (unpaired) electrons. The molecule has 1 aliphatic rings. The topological polar surface area (TPSA) is 55.5 Å². The SMILES string of the molecule is C=NC(=O)C(N)CC1CC1C. The van der Waals surface area contributed by atoms with Crippen LogP contribution in [-0.2, 0) is 4.79 Å². The van der Waals surface area contributed by atoms with Crippen molar-refractivity contribution in [3.8, 4) is 0 Å². The van der Waals surface area contributed by atoms with Crippen molar-refractivity contribution in [3.05, 3.63) is 0 Å². The number of hydrogen-bond donors (Lipinski definition) is 1. The lowest BCUT2D eigenvalue weighted by Crippen LogP contribution is -2.29. The van der Waals surface area contributed by atoms with Gasteiger partial charge in [0.15, 0.2) is 0 Å². The first-order valence-electron chi connectivity index (χ1n) is 3.91. The van der Waals surface area contributed by atoms with Gasteiger partial charge in [0.25, 0.3) is 5.91 Å². The number of aliphatic imine (C=N–C) groups is 1. The van der Waals surface area contributed by atoms with Gasteiger partial charge in [-0.3, -0.25) is 4.79 Å². The monoisotopic (exact) mass is 154 g/mol. The average Bonchev–Trinajstić information content (AvgIpc) is 2.65. The fourth-order valence-corrected chi connectivity index (χ4v) is 1.27. The third kappa shape index (κ3) is 2.12. The Morgan fingerprint density at radius 3 is 2.82 bits per heavy atom. The van der Waals surface area contributed by atoms with Gasteiger partial charge in [-0.05, 0) is 31.4 Å². The summed E-state index contributed by atoms with van der Waals surface area (Å²) < 4.78 is 0. The Morgan fingerprint density at radius 2 is 2.45 bits per heavy atom. The highest BCUT2D eigenvalue weighted by molar-refractivity contribution is 5.85. The van der Waals surface area contributed by atoms with E-state index in [0.717, 1.165) is 12.3 Å². The molecule has 1 fully saturated rings. The van der Waals surface area contributed by atoms with E-state index in [9.17, 15) is 4.79 Å². The van der Waals surface area contributed by atoms with Crippen LogP contribution in [0.3, 0.4) is 0 Å². The lowest BCUT2D eigenvalue weighted by Gasteiger charge is -2.04. The van der Waals surface area contributed by atoms with Crippen molar-refractivity contribution in [1.82, 2.24) is 0 Å². The average molecular weight is 154 g/mol. The van der Waals surface area contributed by atoms with Gasteiger partial charge in [0.2, 0.25) is 0 Å².